The Morgan fingerprint density at radius 2 is 2.11 bits per heavy atom. The van der Waals surface area contributed by atoms with Crippen LogP contribution < -0.4 is 5.32 Å². The van der Waals surface area contributed by atoms with E-state index in [0.29, 0.717) is 24.0 Å². The molecule has 2 rings (SSSR count). The predicted molar refractivity (Wildman–Crippen MR) is 75.3 cm³/mol. The number of carbonyl (C=O) groups excluding carboxylic acids is 1. The highest BCUT2D eigenvalue weighted by Gasteiger charge is 2.29. The standard InChI is InChI=1S/C12H15BrN2O3S/c1-9-3-4-11(10(13)7-9)19(17,18)15-6-2-5-14-12(16)8-15/h3-4,7H,2,5-6,8H2,1H3,(H,14,16). The minimum atomic E-state index is -3.64. The smallest absolute Gasteiger partial charge is 0.244 e. The molecule has 1 saturated heterocycles. The molecule has 0 unspecified atom stereocenters. The average Bonchev–Trinajstić information content (AvgIpc) is 2.53. The van der Waals surface area contributed by atoms with Crippen molar-refractivity contribution in [3.05, 3.63) is 28.2 Å². The van der Waals surface area contributed by atoms with Crippen LogP contribution in [0.2, 0.25) is 0 Å². The first kappa shape index (κ1) is 14.5. The minimum Gasteiger partial charge on any atom is -0.355 e. The maximum absolute atomic E-state index is 12.5. The Morgan fingerprint density at radius 3 is 2.79 bits per heavy atom. The summed E-state index contributed by atoms with van der Waals surface area (Å²) in [7, 11) is -3.64. The topological polar surface area (TPSA) is 66.5 Å². The van der Waals surface area contributed by atoms with Crippen LogP contribution in [0.25, 0.3) is 0 Å². The first-order chi connectivity index (χ1) is 8.91. The predicted octanol–water partition coefficient (Wildman–Crippen LogP) is 1.27. The summed E-state index contributed by atoms with van der Waals surface area (Å²) in [6.45, 7) is 2.63. The third-order valence-electron chi connectivity index (χ3n) is 2.93. The van der Waals surface area contributed by atoms with Crippen LogP contribution in [-0.4, -0.2) is 38.3 Å². The van der Waals surface area contributed by atoms with Gasteiger partial charge in [0.2, 0.25) is 15.9 Å². The molecule has 0 aromatic heterocycles. The number of aryl methyl sites for hydroxylation is 1. The molecule has 1 heterocycles. The maximum atomic E-state index is 12.5. The first-order valence-corrected chi connectivity index (χ1v) is 8.17. The van der Waals surface area contributed by atoms with E-state index in [1.807, 2.05) is 6.92 Å². The van der Waals surface area contributed by atoms with Crippen LogP contribution in [0.5, 0.6) is 0 Å². The van der Waals surface area contributed by atoms with Gasteiger partial charge in [-0.1, -0.05) is 6.07 Å². The van der Waals surface area contributed by atoms with E-state index >= 15 is 0 Å². The van der Waals surface area contributed by atoms with Gasteiger partial charge in [-0.3, -0.25) is 4.79 Å². The zero-order valence-corrected chi connectivity index (χ0v) is 12.9. The fourth-order valence-electron chi connectivity index (χ4n) is 1.94. The van der Waals surface area contributed by atoms with Crippen molar-refractivity contribution in [2.24, 2.45) is 0 Å². The Labute approximate surface area is 121 Å². The molecule has 0 spiro atoms. The van der Waals surface area contributed by atoms with Gasteiger partial charge in [0.05, 0.1) is 11.4 Å². The quantitative estimate of drug-likeness (QED) is 0.876. The Balaban J connectivity index is 2.38. The summed E-state index contributed by atoms with van der Waals surface area (Å²) in [5.74, 6) is -0.260. The zero-order valence-electron chi connectivity index (χ0n) is 10.5. The molecule has 0 bridgehead atoms. The number of hydrogen-bond donors (Lipinski definition) is 1. The molecule has 1 aliphatic heterocycles. The molecule has 0 atom stereocenters. The van der Waals surface area contributed by atoms with Gasteiger partial charge in [-0.05, 0) is 47.0 Å². The molecule has 1 fully saturated rings. The van der Waals surface area contributed by atoms with Gasteiger partial charge in [-0.15, -0.1) is 0 Å². The lowest BCUT2D eigenvalue weighted by Gasteiger charge is -2.19. The van der Waals surface area contributed by atoms with Gasteiger partial charge in [-0.2, -0.15) is 4.31 Å². The number of benzene rings is 1. The van der Waals surface area contributed by atoms with E-state index in [1.165, 1.54) is 4.31 Å². The summed E-state index contributed by atoms with van der Waals surface area (Å²) >= 11 is 3.28. The second-order valence-electron chi connectivity index (χ2n) is 4.48. The molecule has 0 aliphatic carbocycles. The highest BCUT2D eigenvalue weighted by atomic mass is 79.9. The highest BCUT2D eigenvalue weighted by Crippen LogP contribution is 2.26. The van der Waals surface area contributed by atoms with Crippen LogP contribution in [0, 0.1) is 6.92 Å². The molecule has 7 heteroatoms. The van der Waals surface area contributed by atoms with Crippen molar-refractivity contribution in [1.82, 2.24) is 9.62 Å². The van der Waals surface area contributed by atoms with E-state index in [1.54, 1.807) is 18.2 Å². The molecule has 5 nitrogen and oxygen atoms in total. The van der Waals surface area contributed by atoms with E-state index in [4.69, 9.17) is 0 Å². The lowest BCUT2D eigenvalue weighted by atomic mass is 10.2. The Morgan fingerprint density at radius 1 is 1.37 bits per heavy atom. The molecule has 1 aromatic rings. The van der Waals surface area contributed by atoms with E-state index in [0.717, 1.165) is 5.56 Å². The zero-order chi connectivity index (χ0) is 14.0. The van der Waals surface area contributed by atoms with Crippen molar-refractivity contribution < 1.29 is 13.2 Å². The lowest BCUT2D eigenvalue weighted by molar-refractivity contribution is -0.120. The van der Waals surface area contributed by atoms with E-state index in [2.05, 4.69) is 21.2 Å². The maximum Gasteiger partial charge on any atom is 0.244 e. The number of nitrogens with one attached hydrogen (secondary N) is 1. The molecule has 104 valence electrons. The van der Waals surface area contributed by atoms with E-state index < -0.39 is 10.0 Å². The Bertz CT molecular complexity index is 601. The molecular weight excluding hydrogens is 332 g/mol. The fourth-order valence-corrected chi connectivity index (χ4v) is 4.52. The molecule has 1 aliphatic rings. The number of hydrogen-bond acceptors (Lipinski definition) is 3. The summed E-state index contributed by atoms with van der Waals surface area (Å²) in [4.78, 5) is 11.7. The Hall–Kier alpha value is -0.920. The monoisotopic (exact) mass is 346 g/mol. The second kappa shape index (κ2) is 5.60. The van der Waals surface area contributed by atoms with Crippen LogP contribution in [0.3, 0.4) is 0 Å². The summed E-state index contributed by atoms with van der Waals surface area (Å²) in [5.41, 5.74) is 0.972. The number of nitrogens with zero attached hydrogens (tertiary/aromatic N) is 1. The van der Waals surface area contributed by atoms with Crippen LogP contribution in [0.15, 0.2) is 27.6 Å². The molecule has 1 aromatic carbocycles. The van der Waals surface area contributed by atoms with Crippen molar-refractivity contribution in [2.75, 3.05) is 19.6 Å². The first-order valence-electron chi connectivity index (χ1n) is 5.94. The van der Waals surface area contributed by atoms with Gasteiger partial charge >= 0.3 is 0 Å². The molecule has 0 saturated carbocycles. The number of rotatable bonds is 2. The van der Waals surface area contributed by atoms with Gasteiger partial charge in [-0.25, -0.2) is 8.42 Å². The van der Waals surface area contributed by atoms with Gasteiger partial charge in [0.25, 0.3) is 0 Å². The number of sulfonamides is 1. The van der Waals surface area contributed by atoms with Crippen molar-refractivity contribution in [2.45, 2.75) is 18.2 Å². The highest BCUT2D eigenvalue weighted by molar-refractivity contribution is 9.10. The fraction of sp³-hybridized carbons (Fsp3) is 0.417. The van der Waals surface area contributed by atoms with Crippen LogP contribution in [-0.2, 0) is 14.8 Å². The molecule has 0 radical (unpaired) electrons. The Kier molecular flexibility index (Phi) is 4.27. The average molecular weight is 347 g/mol. The third kappa shape index (κ3) is 3.16. The van der Waals surface area contributed by atoms with Crippen LogP contribution in [0.1, 0.15) is 12.0 Å². The van der Waals surface area contributed by atoms with Gasteiger partial charge in [0.1, 0.15) is 0 Å². The van der Waals surface area contributed by atoms with E-state index in [9.17, 15) is 13.2 Å². The number of carbonyl (C=O) groups is 1. The molecular formula is C12H15BrN2O3S. The largest absolute Gasteiger partial charge is 0.355 e. The summed E-state index contributed by atoms with van der Waals surface area (Å²) in [6.07, 6.45) is 0.619. The SMILES string of the molecule is Cc1ccc(S(=O)(=O)N2CCCNC(=O)C2)c(Br)c1. The minimum absolute atomic E-state index is 0.122. The third-order valence-corrected chi connectivity index (χ3v) is 5.75. The molecule has 19 heavy (non-hydrogen) atoms. The van der Waals surface area contributed by atoms with Gasteiger partial charge in [0.15, 0.2) is 0 Å². The van der Waals surface area contributed by atoms with Crippen LogP contribution in [0.4, 0.5) is 0 Å². The second-order valence-corrected chi connectivity index (χ2v) is 7.24. The summed E-state index contributed by atoms with van der Waals surface area (Å²) < 4.78 is 26.8. The van der Waals surface area contributed by atoms with Crippen molar-refractivity contribution >= 4 is 31.9 Å². The van der Waals surface area contributed by atoms with Gasteiger partial charge < -0.3 is 5.32 Å². The van der Waals surface area contributed by atoms with Gasteiger partial charge in [0, 0.05) is 17.6 Å². The van der Waals surface area contributed by atoms with Crippen molar-refractivity contribution in [3.63, 3.8) is 0 Å². The number of halogens is 1. The molecule has 1 amide bonds. The number of amides is 1. The normalized spacial score (nSPS) is 17.9. The summed E-state index contributed by atoms with van der Waals surface area (Å²) in [6, 6.07) is 5.07. The van der Waals surface area contributed by atoms with Crippen LogP contribution >= 0.6 is 15.9 Å². The van der Waals surface area contributed by atoms with Crippen molar-refractivity contribution in [1.29, 1.82) is 0 Å². The lowest BCUT2D eigenvalue weighted by Crippen LogP contribution is -2.37. The van der Waals surface area contributed by atoms with E-state index in [-0.39, 0.29) is 17.3 Å². The van der Waals surface area contributed by atoms with Crippen molar-refractivity contribution in [3.8, 4) is 0 Å². The molecule has 1 N–H and O–H groups in total. The summed E-state index contributed by atoms with van der Waals surface area (Å²) in [5, 5.41) is 2.67.